The molecule has 1 aliphatic carbocycles. The molecule has 1 aromatic rings. The molecule has 0 aliphatic heterocycles. The van der Waals surface area contributed by atoms with Crippen LogP contribution in [0.25, 0.3) is 0 Å². The highest BCUT2D eigenvalue weighted by atomic mass is 16.5. The van der Waals surface area contributed by atoms with Crippen molar-refractivity contribution in [2.75, 3.05) is 13.7 Å². The Bertz CT molecular complexity index is 440. The number of nitrogens with zero attached hydrogens (tertiary/aromatic N) is 1. The number of ether oxygens (including phenoxy) is 1. The Hall–Kier alpha value is -1.51. The van der Waals surface area contributed by atoms with Crippen LogP contribution in [0.15, 0.2) is 18.2 Å². The summed E-state index contributed by atoms with van der Waals surface area (Å²) in [5.41, 5.74) is 2.80. The van der Waals surface area contributed by atoms with E-state index in [2.05, 4.69) is 12.1 Å². The van der Waals surface area contributed by atoms with Gasteiger partial charge in [0.2, 0.25) is 0 Å². The minimum absolute atomic E-state index is 0.0190. The number of fused-ring (bicyclic) bond motifs is 1. The molecular weight excluding hydrogens is 226 g/mol. The van der Waals surface area contributed by atoms with Gasteiger partial charge in [-0.15, -0.1) is 0 Å². The summed E-state index contributed by atoms with van der Waals surface area (Å²) in [6.45, 7) is 4.11. The molecule has 3 nitrogen and oxygen atoms in total. The highest BCUT2D eigenvalue weighted by Crippen LogP contribution is 2.25. The molecule has 0 atom stereocenters. The monoisotopic (exact) mass is 247 g/mol. The standard InChI is InChI=1S/C15H21NO2/c1-11(2)16(3)15(17)10-18-14-8-7-12-5-4-6-13(12)9-14/h7-9,11H,4-6,10H2,1-3H3. The number of rotatable bonds is 4. The molecule has 0 saturated heterocycles. The van der Waals surface area contributed by atoms with Gasteiger partial charge in [-0.2, -0.15) is 0 Å². The van der Waals surface area contributed by atoms with Gasteiger partial charge < -0.3 is 9.64 Å². The number of aryl methyl sites for hydroxylation is 2. The molecule has 0 saturated carbocycles. The minimum atomic E-state index is 0.0190. The topological polar surface area (TPSA) is 29.5 Å². The van der Waals surface area contributed by atoms with Crippen LogP contribution in [0, 0.1) is 0 Å². The second-order valence-electron chi connectivity index (χ2n) is 5.17. The van der Waals surface area contributed by atoms with Gasteiger partial charge in [0.15, 0.2) is 6.61 Å². The third kappa shape index (κ3) is 2.84. The fraction of sp³-hybridized carbons (Fsp3) is 0.533. The van der Waals surface area contributed by atoms with Crippen LogP contribution < -0.4 is 4.74 Å². The Kier molecular flexibility index (Phi) is 3.90. The molecular formula is C15H21NO2. The number of carbonyl (C=O) groups is 1. The fourth-order valence-corrected chi connectivity index (χ4v) is 2.17. The summed E-state index contributed by atoms with van der Waals surface area (Å²) in [7, 11) is 1.80. The second-order valence-corrected chi connectivity index (χ2v) is 5.17. The second kappa shape index (κ2) is 5.42. The quantitative estimate of drug-likeness (QED) is 0.817. The van der Waals surface area contributed by atoms with E-state index in [0.717, 1.165) is 12.2 Å². The van der Waals surface area contributed by atoms with E-state index in [1.807, 2.05) is 19.9 Å². The highest BCUT2D eigenvalue weighted by molar-refractivity contribution is 5.77. The lowest BCUT2D eigenvalue weighted by molar-refractivity contribution is -0.133. The van der Waals surface area contributed by atoms with Gasteiger partial charge in [-0.25, -0.2) is 0 Å². The van der Waals surface area contributed by atoms with E-state index in [-0.39, 0.29) is 18.6 Å². The molecule has 0 fully saturated rings. The van der Waals surface area contributed by atoms with E-state index >= 15 is 0 Å². The third-order valence-corrected chi connectivity index (χ3v) is 3.60. The third-order valence-electron chi connectivity index (χ3n) is 3.60. The van der Waals surface area contributed by atoms with E-state index in [0.29, 0.717) is 0 Å². The highest BCUT2D eigenvalue weighted by Gasteiger charge is 2.14. The largest absolute Gasteiger partial charge is 0.484 e. The molecule has 0 N–H and O–H groups in total. The molecule has 1 amide bonds. The van der Waals surface area contributed by atoms with Gasteiger partial charge in [-0.3, -0.25) is 4.79 Å². The van der Waals surface area contributed by atoms with Crippen molar-refractivity contribution < 1.29 is 9.53 Å². The number of carbonyl (C=O) groups excluding carboxylic acids is 1. The first-order valence-electron chi connectivity index (χ1n) is 6.58. The zero-order valence-corrected chi connectivity index (χ0v) is 11.4. The molecule has 1 aliphatic rings. The predicted octanol–water partition coefficient (Wildman–Crippen LogP) is 2.42. The Morgan fingerprint density at radius 3 is 2.78 bits per heavy atom. The van der Waals surface area contributed by atoms with Crippen molar-refractivity contribution in [1.29, 1.82) is 0 Å². The Morgan fingerprint density at radius 2 is 2.06 bits per heavy atom. The summed E-state index contributed by atoms with van der Waals surface area (Å²) in [6, 6.07) is 6.37. The van der Waals surface area contributed by atoms with Crippen molar-refractivity contribution in [2.45, 2.75) is 39.2 Å². The number of benzene rings is 1. The molecule has 0 bridgehead atoms. The summed E-state index contributed by atoms with van der Waals surface area (Å²) >= 11 is 0. The first-order valence-corrected chi connectivity index (χ1v) is 6.58. The maximum atomic E-state index is 11.8. The van der Waals surface area contributed by atoms with Gasteiger partial charge in [0.25, 0.3) is 5.91 Å². The van der Waals surface area contributed by atoms with Gasteiger partial charge in [0.1, 0.15) is 5.75 Å². The van der Waals surface area contributed by atoms with E-state index in [1.54, 1.807) is 11.9 Å². The molecule has 0 aromatic heterocycles. The Labute approximate surface area is 109 Å². The SMILES string of the molecule is CC(C)N(C)C(=O)COc1ccc2c(c1)CCC2. The predicted molar refractivity (Wildman–Crippen MR) is 71.9 cm³/mol. The number of hydrogen-bond donors (Lipinski definition) is 0. The van der Waals surface area contributed by atoms with Crippen LogP contribution in [0.4, 0.5) is 0 Å². The summed E-state index contributed by atoms with van der Waals surface area (Å²) in [5, 5.41) is 0. The zero-order chi connectivity index (χ0) is 13.1. The smallest absolute Gasteiger partial charge is 0.260 e. The van der Waals surface area contributed by atoms with Gasteiger partial charge in [-0.05, 0) is 56.4 Å². The molecule has 18 heavy (non-hydrogen) atoms. The fourth-order valence-electron chi connectivity index (χ4n) is 2.17. The molecule has 0 heterocycles. The van der Waals surface area contributed by atoms with E-state index in [4.69, 9.17) is 4.74 Å². The van der Waals surface area contributed by atoms with Crippen molar-refractivity contribution in [3.8, 4) is 5.75 Å². The van der Waals surface area contributed by atoms with Crippen LogP contribution >= 0.6 is 0 Å². The molecule has 0 spiro atoms. The first-order chi connectivity index (χ1) is 8.58. The summed E-state index contributed by atoms with van der Waals surface area (Å²) in [5.74, 6) is 0.826. The van der Waals surface area contributed by atoms with E-state index in [9.17, 15) is 4.79 Å². The van der Waals surface area contributed by atoms with E-state index < -0.39 is 0 Å². The molecule has 0 unspecified atom stereocenters. The molecule has 1 aromatic carbocycles. The van der Waals surface area contributed by atoms with Crippen molar-refractivity contribution in [3.05, 3.63) is 29.3 Å². The number of likely N-dealkylation sites (N-methyl/N-ethyl adjacent to an activating group) is 1. The van der Waals surface area contributed by atoms with Crippen molar-refractivity contribution in [1.82, 2.24) is 4.90 Å². The van der Waals surface area contributed by atoms with Crippen LogP contribution in [0.5, 0.6) is 5.75 Å². The van der Waals surface area contributed by atoms with Gasteiger partial charge in [0.05, 0.1) is 0 Å². The number of amides is 1. The summed E-state index contributed by atoms with van der Waals surface area (Å²) in [6.07, 6.45) is 3.53. The Balaban J connectivity index is 1.93. The average Bonchev–Trinajstić information content (AvgIpc) is 2.82. The zero-order valence-electron chi connectivity index (χ0n) is 11.4. The lowest BCUT2D eigenvalue weighted by atomic mass is 10.1. The van der Waals surface area contributed by atoms with Gasteiger partial charge in [0, 0.05) is 13.1 Å². The van der Waals surface area contributed by atoms with Crippen LogP contribution in [-0.2, 0) is 17.6 Å². The molecule has 2 rings (SSSR count). The van der Waals surface area contributed by atoms with Crippen molar-refractivity contribution >= 4 is 5.91 Å². The molecule has 0 radical (unpaired) electrons. The van der Waals surface area contributed by atoms with E-state index in [1.165, 1.54) is 24.0 Å². The lowest BCUT2D eigenvalue weighted by Gasteiger charge is -2.21. The van der Waals surface area contributed by atoms with Gasteiger partial charge in [-0.1, -0.05) is 6.07 Å². The van der Waals surface area contributed by atoms with Crippen LogP contribution in [0.1, 0.15) is 31.4 Å². The van der Waals surface area contributed by atoms with Crippen molar-refractivity contribution in [2.24, 2.45) is 0 Å². The summed E-state index contributed by atoms with van der Waals surface area (Å²) in [4.78, 5) is 13.5. The maximum absolute atomic E-state index is 11.8. The average molecular weight is 247 g/mol. The molecule has 3 heteroatoms. The first kappa shape index (κ1) is 12.9. The van der Waals surface area contributed by atoms with Gasteiger partial charge >= 0.3 is 0 Å². The van der Waals surface area contributed by atoms with Crippen LogP contribution in [-0.4, -0.2) is 30.5 Å². The normalized spacial score (nSPS) is 13.6. The molecule has 98 valence electrons. The summed E-state index contributed by atoms with van der Waals surface area (Å²) < 4.78 is 5.57. The minimum Gasteiger partial charge on any atom is -0.484 e. The number of hydrogen-bond acceptors (Lipinski definition) is 2. The van der Waals surface area contributed by atoms with Crippen LogP contribution in [0.3, 0.4) is 0 Å². The van der Waals surface area contributed by atoms with Crippen LogP contribution in [0.2, 0.25) is 0 Å². The van der Waals surface area contributed by atoms with Crippen molar-refractivity contribution in [3.63, 3.8) is 0 Å². The Morgan fingerprint density at radius 1 is 1.33 bits per heavy atom. The maximum Gasteiger partial charge on any atom is 0.260 e. The lowest BCUT2D eigenvalue weighted by Crippen LogP contribution is -2.36.